The van der Waals surface area contributed by atoms with Crippen LogP contribution in [-0.2, 0) is 6.42 Å². The number of aliphatic imine (C=N–C) groups is 1. The summed E-state index contributed by atoms with van der Waals surface area (Å²) in [6.45, 7) is 11.1. The van der Waals surface area contributed by atoms with Crippen molar-refractivity contribution in [2.24, 2.45) is 4.99 Å². The Bertz CT molecular complexity index is 682. The van der Waals surface area contributed by atoms with Gasteiger partial charge in [-0.1, -0.05) is 6.07 Å². The Morgan fingerprint density at radius 2 is 1.88 bits per heavy atom. The molecule has 1 aromatic heterocycles. The molecule has 144 valence electrons. The van der Waals surface area contributed by atoms with Crippen molar-refractivity contribution in [3.8, 4) is 5.75 Å². The summed E-state index contributed by atoms with van der Waals surface area (Å²) in [6.07, 6.45) is 0.861. The van der Waals surface area contributed by atoms with E-state index in [0.29, 0.717) is 13.2 Å². The van der Waals surface area contributed by atoms with Gasteiger partial charge in [0.25, 0.3) is 0 Å². The number of thiazole rings is 1. The first-order chi connectivity index (χ1) is 12.1. The molecule has 1 aromatic carbocycles. The number of guanidine groups is 1. The van der Waals surface area contributed by atoms with Gasteiger partial charge in [0, 0.05) is 24.9 Å². The van der Waals surface area contributed by atoms with Gasteiger partial charge in [-0.3, -0.25) is 4.99 Å². The number of rotatable bonds is 8. The van der Waals surface area contributed by atoms with Crippen LogP contribution in [0.2, 0.25) is 0 Å². The average molecular weight is 488 g/mol. The fraction of sp³-hybridized carbons (Fsp3) is 0.474. The van der Waals surface area contributed by atoms with E-state index in [1.165, 1.54) is 11.1 Å². The minimum atomic E-state index is 0. The standard InChI is InChI=1S/C19H28N4OS.HI/c1-5-20-19(21-7-6-17-13-25-16(4)23-17)22-8-9-24-18-11-14(2)10-15(3)12-18;/h10-13H,5-9H2,1-4H3,(H2,20,21,22);1H. The highest BCUT2D eigenvalue weighted by atomic mass is 127. The maximum Gasteiger partial charge on any atom is 0.191 e. The Labute approximate surface area is 177 Å². The molecule has 5 nitrogen and oxygen atoms in total. The molecule has 0 aliphatic heterocycles. The highest BCUT2D eigenvalue weighted by molar-refractivity contribution is 14.0. The molecule has 7 heteroatoms. The molecule has 0 radical (unpaired) electrons. The summed E-state index contributed by atoms with van der Waals surface area (Å²) >= 11 is 1.68. The minimum absolute atomic E-state index is 0. The Morgan fingerprint density at radius 3 is 2.50 bits per heavy atom. The molecule has 0 fully saturated rings. The molecule has 2 N–H and O–H groups in total. The molecule has 2 aromatic rings. The number of hydrogen-bond donors (Lipinski definition) is 2. The van der Waals surface area contributed by atoms with Gasteiger partial charge in [0.1, 0.15) is 12.4 Å². The lowest BCUT2D eigenvalue weighted by Gasteiger charge is -2.12. The second kappa shape index (κ2) is 12.1. The van der Waals surface area contributed by atoms with Crippen molar-refractivity contribution >= 4 is 41.3 Å². The molecule has 0 saturated carbocycles. The molecule has 0 aliphatic rings. The minimum Gasteiger partial charge on any atom is -0.492 e. The Hall–Kier alpha value is -1.35. The first kappa shape index (κ1) is 22.7. The topological polar surface area (TPSA) is 58.5 Å². The van der Waals surface area contributed by atoms with Crippen molar-refractivity contribution in [3.05, 3.63) is 45.4 Å². The second-order valence-electron chi connectivity index (χ2n) is 5.97. The van der Waals surface area contributed by atoms with E-state index in [2.05, 4.69) is 65.0 Å². The van der Waals surface area contributed by atoms with Gasteiger partial charge >= 0.3 is 0 Å². The molecule has 0 bridgehead atoms. The maximum absolute atomic E-state index is 5.82. The average Bonchev–Trinajstić information content (AvgIpc) is 2.96. The van der Waals surface area contributed by atoms with E-state index in [1.807, 2.05) is 6.92 Å². The normalized spacial score (nSPS) is 11.0. The molecule has 0 amide bonds. The van der Waals surface area contributed by atoms with Gasteiger partial charge < -0.3 is 15.4 Å². The zero-order chi connectivity index (χ0) is 18.1. The number of aromatic nitrogens is 1. The van der Waals surface area contributed by atoms with Crippen molar-refractivity contribution in [3.63, 3.8) is 0 Å². The predicted octanol–water partition coefficient (Wildman–Crippen LogP) is 3.86. The molecular formula is C19H29IN4OS. The van der Waals surface area contributed by atoms with E-state index in [0.717, 1.165) is 41.9 Å². The Balaban J connectivity index is 0.00000338. The van der Waals surface area contributed by atoms with Crippen LogP contribution in [0.25, 0.3) is 0 Å². The molecule has 0 spiro atoms. The molecule has 26 heavy (non-hydrogen) atoms. The SMILES string of the molecule is CCNC(=NCCc1csc(C)n1)NCCOc1cc(C)cc(C)c1.I. The summed E-state index contributed by atoms with van der Waals surface area (Å²) in [5, 5.41) is 9.77. The zero-order valence-electron chi connectivity index (χ0n) is 16.0. The number of ether oxygens (including phenoxy) is 1. The summed E-state index contributed by atoms with van der Waals surface area (Å²) < 4.78 is 5.82. The summed E-state index contributed by atoms with van der Waals surface area (Å²) in [7, 11) is 0. The van der Waals surface area contributed by atoms with Gasteiger partial charge in [-0.25, -0.2) is 4.98 Å². The lowest BCUT2D eigenvalue weighted by atomic mass is 10.1. The number of benzene rings is 1. The molecule has 2 rings (SSSR count). The summed E-state index contributed by atoms with van der Waals surface area (Å²) in [5.74, 6) is 1.73. The predicted molar refractivity (Wildman–Crippen MR) is 121 cm³/mol. The number of hydrogen-bond acceptors (Lipinski definition) is 4. The number of aryl methyl sites for hydroxylation is 3. The quantitative estimate of drug-likeness (QED) is 0.257. The molecular weight excluding hydrogens is 459 g/mol. The van der Waals surface area contributed by atoms with Crippen LogP contribution < -0.4 is 15.4 Å². The van der Waals surface area contributed by atoms with Crippen molar-refractivity contribution in [1.29, 1.82) is 0 Å². The van der Waals surface area contributed by atoms with E-state index in [9.17, 15) is 0 Å². The lowest BCUT2D eigenvalue weighted by molar-refractivity contribution is 0.321. The number of halogens is 1. The van der Waals surface area contributed by atoms with Crippen LogP contribution in [0.4, 0.5) is 0 Å². The third kappa shape index (κ3) is 8.35. The van der Waals surface area contributed by atoms with Crippen LogP contribution in [0.15, 0.2) is 28.6 Å². The molecule has 0 saturated heterocycles. The van der Waals surface area contributed by atoms with E-state index >= 15 is 0 Å². The van der Waals surface area contributed by atoms with Gasteiger partial charge in [0.05, 0.1) is 17.2 Å². The highest BCUT2D eigenvalue weighted by Crippen LogP contribution is 2.15. The largest absolute Gasteiger partial charge is 0.492 e. The van der Waals surface area contributed by atoms with E-state index in [1.54, 1.807) is 11.3 Å². The van der Waals surface area contributed by atoms with Crippen LogP contribution in [-0.4, -0.2) is 37.2 Å². The van der Waals surface area contributed by atoms with E-state index < -0.39 is 0 Å². The third-order valence-corrected chi connectivity index (χ3v) is 4.33. The molecule has 0 atom stereocenters. The molecule has 0 unspecified atom stereocenters. The lowest BCUT2D eigenvalue weighted by Crippen LogP contribution is -2.39. The van der Waals surface area contributed by atoms with Crippen molar-refractivity contribution < 1.29 is 4.74 Å². The second-order valence-corrected chi connectivity index (χ2v) is 7.03. The molecule has 1 heterocycles. The molecule has 0 aliphatic carbocycles. The van der Waals surface area contributed by atoms with Gasteiger partial charge in [0.15, 0.2) is 5.96 Å². The van der Waals surface area contributed by atoms with Gasteiger partial charge in [-0.2, -0.15) is 0 Å². The third-order valence-electron chi connectivity index (χ3n) is 3.51. The van der Waals surface area contributed by atoms with Crippen LogP contribution in [0, 0.1) is 20.8 Å². The van der Waals surface area contributed by atoms with Crippen LogP contribution in [0.5, 0.6) is 5.75 Å². The Kier molecular flexibility index (Phi) is 10.6. The Morgan fingerprint density at radius 1 is 1.15 bits per heavy atom. The monoisotopic (exact) mass is 488 g/mol. The fourth-order valence-corrected chi connectivity index (χ4v) is 3.15. The van der Waals surface area contributed by atoms with Crippen LogP contribution in [0.3, 0.4) is 0 Å². The summed E-state index contributed by atoms with van der Waals surface area (Å²) in [4.78, 5) is 9.06. The fourth-order valence-electron chi connectivity index (χ4n) is 2.50. The maximum atomic E-state index is 5.82. The smallest absolute Gasteiger partial charge is 0.191 e. The zero-order valence-corrected chi connectivity index (χ0v) is 19.1. The van der Waals surface area contributed by atoms with E-state index in [4.69, 9.17) is 4.74 Å². The summed E-state index contributed by atoms with van der Waals surface area (Å²) in [5.41, 5.74) is 3.55. The highest BCUT2D eigenvalue weighted by Gasteiger charge is 2.01. The first-order valence-corrected chi connectivity index (χ1v) is 9.59. The van der Waals surface area contributed by atoms with Crippen LogP contribution >= 0.6 is 35.3 Å². The van der Waals surface area contributed by atoms with Gasteiger partial charge in [0.2, 0.25) is 0 Å². The van der Waals surface area contributed by atoms with Crippen LogP contribution in [0.1, 0.15) is 28.8 Å². The van der Waals surface area contributed by atoms with Gasteiger partial charge in [-0.05, 0) is 51.0 Å². The van der Waals surface area contributed by atoms with Crippen molar-refractivity contribution in [2.75, 3.05) is 26.2 Å². The van der Waals surface area contributed by atoms with Crippen molar-refractivity contribution in [2.45, 2.75) is 34.1 Å². The van der Waals surface area contributed by atoms with E-state index in [-0.39, 0.29) is 24.0 Å². The van der Waals surface area contributed by atoms with Gasteiger partial charge in [-0.15, -0.1) is 35.3 Å². The van der Waals surface area contributed by atoms with Crippen molar-refractivity contribution in [1.82, 2.24) is 15.6 Å². The summed E-state index contributed by atoms with van der Waals surface area (Å²) in [6, 6.07) is 6.26. The number of nitrogens with one attached hydrogen (secondary N) is 2. The first-order valence-electron chi connectivity index (χ1n) is 8.71. The number of nitrogens with zero attached hydrogens (tertiary/aromatic N) is 2.